The van der Waals surface area contributed by atoms with Gasteiger partial charge in [0.15, 0.2) is 0 Å². The summed E-state index contributed by atoms with van der Waals surface area (Å²) in [5.41, 5.74) is 1.12. The van der Waals surface area contributed by atoms with Crippen molar-refractivity contribution in [3.8, 4) is 5.75 Å². The van der Waals surface area contributed by atoms with Crippen LogP contribution in [0.1, 0.15) is 17.3 Å². The molecule has 0 aromatic heterocycles. The summed E-state index contributed by atoms with van der Waals surface area (Å²) in [5.74, 6) is -0.0652. The van der Waals surface area contributed by atoms with Crippen molar-refractivity contribution in [3.63, 3.8) is 0 Å². The number of rotatable bonds is 4. The summed E-state index contributed by atoms with van der Waals surface area (Å²) in [6, 6.07) is 12.2. The second-order valence-electron chi connectivity index (χ2n) is 6.06. The van der Waals surface area contributed by atoms with Gasteiger partial charge in [0.1, 0.15) is 17.7 Å². The van der Waals surface area contributed by atoms with Crippen molar-refractivity contribution in [2.75, 3.05) is 31.6 Å². The highest BCUT2D eigenvalue weighted by atomic mass is 79.9. The van der Waals surface area contributed by atoms with Gasteiger partial charge in [-0.15, -0.1) is 0 Å². The van der Waals surface area contributed by atoms with E-state index in [-0.39, 0.29) is 17.6 Å². The Hall–Kier alpha value is -2.08. The maximum Gasteiger partial charge on any atom is 0.256 e. The molecule has 3 rings (SSSR count). The van der Waals surface area contributed by atoms with Crippen molar-refractivity contribution in [2.24, 2.45) is 0 Å². The number of amides is 1. The monoisotopic (exact) mass is 406 g/mol. The van der Waals surface area contributed by atoms with Crippen molar-refractivity contribution in [1.29, 1.82) is 0 Å². The first-order chi connectivity index (χ1) is 12.0. The number of ether oxygens (including phenoxy) is 1. The Bertz CT molecular complexity index is 784. The van der Waals surface area contributed by atoms with Crippen molar-refractivity contribution in [3.05, 3.63) is 58.3 Å². The molecule has 0 aliphatic carbocycles. The van der Waals surface area contributed by atoms with Crippen LogP contribution in [0.25, 0.3) is 0 Å². The molecule has 1 heterocycles. The van der Waals surface area contributed by atoms with Gasteiger partial charge in [0, 0.05) is 18.1 Å². The quantitative estimate of drug-likeness (QED) is 0.770. The summed E-state index contributed by atoms with van der Waals surface area (Å²) in [6.07, 6.45) is -0.168. The second-order valence-corrected chi connectivity index (χ2v) is 6.97. The molecule has 25 heavy (non-hydrogen) atoms. The number of likely N-dealkylation sites (N-methyl/N-ethyl adjacent to an activating group) is 2. The molecule has 0 fully saturated rings. The Labute approximate surface area is 155 Å². The summed E-state index contributed by atoms with van der Waals surface area (Å²) in [7, 11) is 1.67. The highest BCUT2D eigenvalue weighted by molar-refractivity contribution is 9.10. The van der Waals surface area contributed by atoms with Gasteiger partial charge < -0.3 is 14.5 Å². The Balaban J connectivity index is 1.74. The lowest BCUT2D eigenvalue weighted by atomic mass is 10.1. The number of hydrogen-bond donors (Lipinski definition) is 0. The molecule has 4 nitrogen and oxygen atoms in total. The van der Waals surface area contributed by atoms with E-state index in [0.717, 1.165) is 18.0 Å². The number of para-hydroxylation sites is 2. The van der Waals surface area contributed by atoms with Crippen LogP contribution in [0.2, 0.25) is 0 Å². The lowest BCUT2D eigenvalue weighted by Gasteiger charge is -2.37. The highest BCUT2D eigenvalue weighted by Crippen LogP contribution is 2.33. The number of carbonyl (C=O) groups excluding carboxylic acids is 1. The van der Waals surface area contributed by atoms with Crippen molar-refractivity contribution < 1.29 is 13.9 Å². The molecule has 0 radical (unpaired) electrons. The first-order valence-corrected chi connectivity index (χ1v) is 9.00. The molecule has 0 bridgehead atoms. The van der Waals surface area contributed by atoms with E-state index >= 15 is 0 Å². The molecule has 1 unspecified atom stereocenters. The lowest BCUT2D eigenvalue weighted by Crippen LogP contribution is -2.46. The molecule has 2 aromatic carbocycles. The molecule has 0 saturated heterocycles. The molecule has 0 N–H and O–H groups in total. The van der Waals surface area contributed by atoms with Gasteiger partial charge in [0.05, 0.1) is 24.3 Å². The molecule has 6 heteroatoms. The van der Waals surface area contributed by atoms with Crippen LogP contribution < -0.4 is 9.64 Å². The number of benzene rings is 2. The minimum Gasteiger partial charge on any atom is -0.485 e. The molecular formula is C19H20BrFN2O2. The second kappa shape index (κ2) is 7.44. The third-order valence-corrected chi connectivity index (χ3v) is 4.78. The summed E-state index contributed by atoms with van der Waals surface area (Å²) < 4.78 is 20.7. The molecule has 0 saturated carbocycles. The van der Waals surface area contributed by atoms with Crippen LogP contribution in [-0.4, -0.2) is 43.6 Å². The van der Waals surface area contributed by atoms with Crippen LogP contribution in [0.3, 0.4) is 0 Å². The molecule has 2 aromatic rings. The number of hydrogen-bond acceptors (Lipinski definition) is 3. The summed E-state index contributed by atoms with van der Waals surface area (Å²) in [6.45, 7) is 4.02. The van der Waals surface area contributed by atoms with E-state index in [1.54, 1.807) is 13.1 Å². The predicted octanol–water partition coefficient (Wildman–Crippen LogP) is 3.95. The van der Waals surface area contributed by atoms with Crippen LogP contribution in [0.5, 0.6) is 5.75 Å². The minimum absolute atomic E-state index is 0.0560. The van der Waals surface area contributed by atoms with Gasteiger partial charge in [-0.3, -0.25) is 4.79 Å². The van der Waals surface area contributed by atoms with Crippen LogP contribution >= 0.6 is 15.9 Å². The smallest absolute Gasteiger partial charge is 0.256 e. The lowest BCUT2D eigenvalue weighted by molar-refractivity contribution is 0.0705. The molecule has 1 amide bonds. The molecule has 0 spiro atoms. The van der Waals surface area contributed by atoms with Crippen molar-refractivity contribution >= 4 is 27.5 Å². The van der Waals surface area contributed by atoms with Gasteiger partial charge in [-0.05, 0) is 37.3 Å². The number of carbonyl (C=O) groups is 1. The summed E-state index contributed by atoms with van der Waals surface area (Å²) in [4.78, 5) is 16.3. The van der Waals surface area contributed by atoms with E-state index in [4.69, 9.17) is 4.74 Å². The fourth-order valence-corrected chi connectivity index (χ4v) is 3.39. The molecular weight excluding hydrogens is 387 g/mol. The number of nitrogens with zero attached hydrogens (tertiary/aromatic N) is 2. The Morgan fingerprint density at radius 2 is 2.12 bits per heavy atom. The molecule has 1 atom stereocenters. The van der Waals surface area contributed by atoms with Crippen molar-refractivity contribution in [2.45, 2.75) is 13.0 Å². The van der Waals surface area contributed by atoms with E-state index in [0.29, 0.717) is 17.6 Å². The van der Waals surface area contributed by atoms with Crippen LogP contribution in [0.4, 0.5) is 10.1 Å². The minimum atomic E-state index is -0.523. The Morgan fingerprint density at radius 3 is 2.88 bits per heavy atom. The Kier molecular flexibility index (Phi) is 5.27. The fourth-order valence-electron chi connectivity index (χ4n) is 3.03. The van der Waals surface area contributed by atoms with E-state index in [1.807, 2.05) is 24.3 Å². The zero-order valence-electron chi connectivity index (χ0n) is 14.2. The molecule has 1 aliphatic heterocycles. The first-order valence-electron chi connectivity index (χ1n) is 8.20. The summed E-state index contributed by atoms with van der Waals surface area (Å²) in [5, 5.41) is 0. The van der Waals surface area contributed by atoms with Gasteiger partial charge >= 0.3 is 0 Å². The van der Waals surface area contributed by atoms with Gasteiger partial charge in [0.25, 0.3) is 5.91 Å². The highest BCUT2D eigenvalue weighted by Gasteiger charge is 2.27. The van der Waals surface area contributed by atoms with Gasteiger partial charge in [-0.1, -0.05) is 28.1 Å². The van der Waals surface area contributed by atoms with Crippen LogP contribution in [0, 0.1) is 5.82 Å². The van der Waals surface area contributed by atoms with E-state index in [2.05, 4.69) is 27.8 Å². The zero-order chi connectivity index (χ0) is 18.0. The standard InChI is InChI=1S/C19H20BrFN2O2/c1-3-23-12-14(25-18-7-5-4-6-17(18)23)11-22(2)19(24)15-10-13(20)8-9-16(15)21/h4-10,14H,3,11-12H2,1-2H3. The zero-order valence-corrected chi connectivity index (χ0v) is 15.8. The summed E-state index contributed by atoms with van der Waals surface area (Å²) >= 11 is 3.28. The third-order valence-electron chi connectivity index (χ3n) is 4.29. The van der Waals surface area contributed by atoms with E-state index in [9.17, 15) is 9.18 Å². The average molecular weight is 407 g/mol. The Morgan fingerprint density at radius 1 is 1.36 bits per heavy atom. The maximum absolute atomic E-state index is 14.0. The molecule has 132 valence electrons. The number of anilines is 1. The van der Waals surface area contributed by atoms with Gasteiger partial charge in [-0.2, -0.15) is 0 Å². The molecule has 1 aliphatic rings. The van der Waals surface area contributed by atoms with Gasteiger partial charge in [-0.25, -0.2) is 4.39 Å². The van der Waals surface area contributed by atoms with Crippen molar-refractivity contribution in [1.82, 2.24) is 4.90 Å². The maximum atomic E-state index is 14.0. The number of halogens is 2. The van der Waals surface area contributed by atoms with Crippen LogP contribution in [-0.2, 0) is 0 Å². The van der Waals surface area contributed by atoms with Gasteiger partial charge in [0.2, 0.25) is 0 Å². The first kappa shape index (κ1) is 17.7. The number of fused-ring (bicyclic) bond motifs is 1. The van der Waals surface area contributed by atoms with E-state index in [1.165, 1.54) is 17.0 Å². The van der Waals surface area contributed by atoms with E-state index < -0.39 is 5.82 Å². The predicted molar refractivity (Wildman–Crippen MR) is 99.8 cm³/mol. The largest absolute Gasteiger partial charge is 0.485 e. The van der Waals surface area contributed by atoms with Crippen LogP contribution in [0.15, 0.2) is 46.9 Å². The third kappa shape index (κ3) is 3.79. The topological polar surface area (TPSA) is 32.8 Å². The normalized spacial score (nSPS) is 16.2. The SMILES string of the molecule is CCN1CC(CN(C)C(=O)c2cc(Br)ccc2F)Oc2ccccc21. The average Bonchev–Trinajstić information content (AvgIpc) is 2.62. The fraction of sp³-hybridized carbons (Fsp3) is 0.316.